The molecule has 3 nitrogen and oxygen atoms in total. The maximum atomic E-state index is 11.7. The van der Waals surface area contributed by atoms with Crippen molar-refractivity contribution in [1.29, 1.82) is 0 Å². The number of halogens is 1. The average Bonchev–Trinajstić information content (AvgIpc) is 3.23. The third kappa shape index (κ3) is 2.15. The van der Waals surface area contributed by atoms with Crippen molar-refractivity contribution in [2.75, 3.05) is 5.32 Å². The molecule has 0 saturated heterocycles. The van der Waals surface area contributed by atoms with Crippen molar-refractivity contribution in [3.05, 3.63) is 64.2 Å². The molecule has 1 N–H and O–H groups in total. The summed E-state index contributed by atoms with van der Waals surface area (Å²) in [6.07, 6.45) is 3.76. The Labute approximate surface area is 152 Å². The SMILES string of the molecule is O=C([O-])c1cccc2c1N[C@H](c1ccccc1Cl)[C@H]1[C@H]3CC[C@@H](C3)[C@H]21. The van der Waals surface area contributed by atoms with Crippen LogP contribution in [0.25, 0.3) is 0 Å². The first-order valence-corrected chi connectivity index (χ1v) is 9.38. The third-order valence-corrected chi connectivity index (χ3v) is 6.93. The first kappa shape index (κ1) is 15.3. The number of rotatable bonds is 2. The van der Waals surface area contributed by atoms with E-state index in [0.29, 0.717) is 23.7 Å². The largest absolute Gasteiger partial charge is 0.545 e. The minimum atomic E-state index is -1.12. The Bertz CT molecular complexity index is 865. The molecule has 0 spiro atoms. The molecule has 2 fully saturated rings. The summed E-state index contributed by atoms with van der Waals surface area (Å²) in [5.74, 6) is 1.10. The lowest BCUT2D eigenvalue weighted by Gasteiger charge is -2.44. The molecule has 3 aliphatic rings. The van der Waals surface area contributed by atoms with Gasteiger partial charge in [0, 0.05) is 16.3 Å². The number of carbonyl (C=O) groups excluding carboxylic acids is 1. The monoisotopic (exact) mass is 352 g/mol. The lowest BCUT2D eigenvalue weighted by molar-refractivity contribution is -0.254. The zero-order valence-corrected chi connectivity index (χ0v) is 14.5. The van der Waals surface area contributed by atoms with Crippen molar-refractivity contribution < 1.29 is 9.90 Å². The van der Waals surface area contributed by atoms with E-state index in [2.05, 4.69) is 17.4 Å². The highest BCUT2D eigenvalue weighted by Crippen LogP contribution is 2.64. The van der Waals surface area contributed by atoms with Crippen molar-refractivity contribution >= 4 is 23.3 Å². The summed E-state index contributed by atoms with van der Waals surface area (Å²) in [5.41, 5.74) is 3.23. The van der Waals surface area contributed by atoms with Crippen LogP contribution in [0.15, 0.2) is 42.5 Å². The molecule has 0 unspecified atom stereocenters. The lowest BCUT2D eigenvalue weighted by Crippen LogP contribution is -2.37. The second-order valence-corrected chi connectivity index (χ2v) is 8.04. The summed E-state index contributed by atoms with van der Waals surface area (Å²) < 4.78 is 0. The minimum Gasteiger partial charge on any atom is -0.545 e. The molecular formula is C21H19ClNO2-. The highest BCUT2D eigenvalue weighted by Gasteiger charge is 2.54. The van der Waals surface area contributed by atoms with Gasteiger partial charge in [-0.3, -0.25) is 0 Å². The molecule has 0 radical (unpaired) electrons. The van der Waals surface area contributed by atoms with Gasteiger partial charge in [0.15, 0.2) is 0 Å². The number of para-hydroxylation sites is 1. The summed E-state index contributed by atoms with van der Waals surface area (Å²) in [6.45, 7) is 0. The molecule has 5 rings (SSSR count). The molecule has 2 aromatic carbocycles. The maximum Gasteiger partial charge on any atom is 0.0736 e. The van der Waals surface area contributed by atoms with Crippen LogP contribution in [0.3, 0.4) is 0 Å². The van der Waals surface area contributed by atoms with Crippen molar-refractivity contribution in [2.45, 2.75) is 31.2 Å². The summed E-state index contributed by atoms with van der Waals surface area (Å²) in [4.78, 5) is 11.7. The lowest BCUT2D eigenvalue weighted by atomic mass is 9.67. The molecule has 0 amide bonds. The topological polar surface area (TPSA) is 52.2 Å². The fraction of sp³-hybridized carbons (Fsp3) is 0.381. The predicted molar refractivity (Wildman–Crippen MR) is 95.7 cm³/mol. The van der Waals surface area contributed by atoms with E-state index < -0.39 is 5.97 Å². The van der Waals surface area contributed by atoms with E-state index in [0.717, 1.165) is 21.8 Å². The van der Waals surface area contributed by atoms with Crippen LogP contribution < -0.4 is 10.4 Å². The maximum absolute atomic E-state index is 11.7. The first-order valence-electron chi connectivity index (χ1n) is 9.00. The van der Waals surface area contributed by atoms with Crippen LogP contribution in [0.4, 0.5) is 5.69 Å². The van der Waals surface area contributed by atoms with Gasteiger partial charge < -0.3 is 15.2 Å². The number of hydrogen-bond donors (Lipinski definition) is 1. The average molecular weight is 353 g/mol. The normalized spacial score (nSPS) is 32.0. The van der Waals surface area contributed by atoms with E-state index in [1.165, 1.54) is 19.3 Å². The van der Waals surface area contributed by atoms with Gasteiger partial charge in [0.1, 0.15) is 0 Å². The molecule has 25 heavy (non-hydrogen) atoms. The molecule has 2 bridgehead atoms. The van der Waals surface area contributed by atoms with Gasteiger partial charge in [-0.05, 0) is 60.1 Å². The van der Waals surface area contributed by atoms with E-state index in [1.807, 2.05) is 24.3 Å². The molecule has 2 aromatic rings. The molecule has 128 valence electrons. The van der Waals surface area contributed by atoms with Gasteiger partial charge in [-0.1, -0.05) is 48.0 Å². The number of fused-ring (bicyclic) bond motifs is 7. The molecule has 2 saturated carbocycles. The number of aromatic carboxylic acids is 1. The fourth-order valence-electron chi connectivity index (χ4n) is 5.72. The number of hydrogen-bond acceptors (Lipinski definition) is 3. The third-order valence-electron chi connectivity index (χ3n) is 6.58. The van der Waals surface area contributed by atoms with Gasteiger partial charge in [-0.2, -0.15) is 0 Å². The van der Waals surface area contributed by atoms with Gasteiger partial charge in [0.2, 0.25) is 0 Å². The summed E-state index contributed by atoms with van der Waals surface area (Å²) >= 11 is 6.51. The molecule has 1 heterocycles. The van der Waals surface area contributed by atoms with Crippen molar-refractivity contribution in [1.82, 2.24) is 0 Å². The molecule has 4 heteroatoms. The second-order valence-electron chi connectivity index (χ2n) is 7.64. The van der Waals surface area contributed by atoms with Crippen LogP contribution >= 0.6 is 11.6 Å². The summed E-state index contributed by atoms with van der Waals surface area (Å²) in [5, 5.41) is 16.0. The zero-order valence-electron chi connectivity index (χ0n) is 13.7. The number of anilines is 1. The fourth-order valence-corrected chi connectivity index (χ4v) is 5.97. The molecule has 1 aliphatic heterocycles. The highest BCUT2D eigenvalue weighted by atomic mass is 35.5. The van der Waals surface area contributed by atoms with Crippen LogP contribution in [-0.2, 0) is 0 Å². The Morgan fingerprint density at radius 1 is 1.04 bits per heavy atom. The van der Waals surface area contributed by atoms with E-state index in [-0.39, 0.29) is 11.6 Å². The van der Waals surface area contributed by atoms with Crippen molar-refractivity contribution in [3.63, 3.8) is 0 Å². The standard InChI is InChI=1S/C21H20ClNO2/c22-16-7-2-1-4-13(16)20-18-12-9-8-11(10-12)17(18)14-5-3-6-15(21(24)25)19(14)23-20/h1-7,11-12,17-18,20,23H,8-10H2,(H,24,25)/p-1/t11-,12-,17+,18-,20+/m0/s1. The second kappa shape index (κ2) is 5.50. The predicted octanol–water partition coefficient (Wildman–Crippen LogP) is 4.00. The van der Waals surface area contributed by atoms with Crippen molar-refractivity contribution in [3.8, 4) is 0 Å². The first-order chi connectivity index (χ1) is 12.1. The van der Waals surface area contributed by atoms with E-state index >= 15 is 0 Å². The number of carbonyl (C=O) groups is 1. The van der Waals surface area contributed by atoms with Gasteiger partial charge in [0.25, 0.3) is 0 Å². The van der Waals surface area contributed by atoms with Gasteiger partial charge in [0.05, 0.1) is 12.0 Å². The summed E-state index contributed by atoms with van der Waals surface area (Å²) in [6, 6.07) is 13.6. The van der Waals surface area contributed by atoms with Crippen LogP contribution in [0.1, 0.15) is 52.7 Å². The van der Waals surface area contributed by atoms with Crippen LogP contribution in [0, 0.1) is 17.8 Å². The van der Waals surface area contributed by atoms with E-state index in [9.17, 15) is 9.90 Å². The summed E-state index contributed by atoms with van der Waals surface area (Å²) in [7, 11) is 0. The van der Waals surface area contributed by atoms with Crippen molar-refractivity contribution in [2.24, 2.45) is 17.8 Å². The number of carboxylic acids is 1. The van der Waals surface area contributed by atoms with E-state index in [1.54, 1.807) is 6.07 Å². The van der Waals surface area contributed by atoms with Gasteiger partial charge in [-0.25, -0.2) is 0 Å². The van der Waals surface area contributed by atoms with Crippen LogP contribution in [0.2, 0.25) is 5.02 Å². The van der Waals surface area contributed by atoms with Gasteiger partial charge in [-0.15, -0.1) is 0 Å². The van der Waals surface area contributed by atoms with Crippen LogP contribution in [0.5, 0.6) is 0 Å². The minimum absolute atomic E-state index is 0.0574. The molecule has 2 aliphatic carbocycles. The Balaban J connectivity index is 1.70. The van der Waals surface area contributed by atoms with Crippen LogP contribution in [-0.4, -0.2) is 5.97 Å². The van der Waals surface area contributed by atoms with Gasteiger partial charge >= 0.3 is 0 Å². The smallest absolute Gasteiger partial charge is 0.0736 e. The number of nitrogens with one attached hydrogen (secondary N) is 1. The Morgan fingerprint density at radius 3 is 2.60 bits per heavy atom. The Kier molecular flexibility index (Phi) is 3.36. The Morgan fingerprint density at radius 2 is 1.80 bits per heavy atom. The highest BCUT2D eigenvalue weighted by molar-refractivity contribution is 6.31. The number of carboxylic acid groups (broad SMARTS) is 1. The Hall–Kier alpha value is -2.00. The van der Waals surface area contributed by atoms with E-state index in [4.69, 9.17) is 11.6 Å². The molecule has 0 aromatic heterocycles. The molecule has 5 atom stereocenters. The molecular weight excluding hydrogens is 334 g/mol. The zero-order chi connectivity index (χ0) is 17.1. The number of benzene rings is 2. The quantitative estimate of drug-likeness (QED) is 0.888.